The van der Waals surface area contributed by atoms with Gasteiger partial charge in [0, 0.05) is 5.56 Å². The second-order valence-electron chi connectivity index (χ2n) is 4.65. The molecule has 0 saturated heterocycles. The van der Waals surface area contributed by atoms with Crippen LogP contribution in [-0.2, 0) is 16.0 Å². The molecular weight excluding hydrogens is 244 g/mol. The number of fused-ring (bicyclic) bond motifs is 1. The summed E-state index contributed by atoms with van der Waals surface area (Å²) in [5.41, 5.74) is 1.92. The van der Waals surface area contributed by atoms with Crippen molar-refractivity contribution in [2.75, 3.05) is 6.61 Å². The van der Waals surface area contributed by atoms with E-state index in [1.165, 1.54) is 0 Å². The summed E-state index contributed by atoms with van der Waals surface area (Å²) in [6.07, 6.45) is 1.06. The zero-order chi connectivity index (χ0) is 13.8. The van der Waals surface area contributed by atoms with Crippen LogP contribution in [0.25, 0.3) is 0 Å². The van der Waals surface area contributed by atoms with Crippen molar-refractivity contribution in [2.24, 2.45) is 0 Å². The second-order valence-corrected chi connectivity index (χ2v) is 4.65. The predicted octanol–water partition coefficient (Wildman–Crippen LogP) is 2.39. The SMILES string of the molecule is CCOC(=O)C(CC)Oc1cccc2c1CCC2O. The summed E-state index contributed by atoms with van der Waals surface area (Å²) in [7, 11) is 0. The number of esters is 1. The smallest absolute Gasteiger partial charge is 0.347 e. The molecule has 0 fully saturated rings. The zero-order valence-corrected chi connectivity index (χ0v) is 11.4. The van der Waals surface area contributed by atoms with Crippen LogP contribution in [0.3, 0.4) is 0 Å². The molecule has 0 saturated carbocycles. The van der Waals surface area contributed by atoms with Crippen LogP contribution in [0.2, 0.25) is 0 Å². The topological polar surface area (TPSA) is 55.8 Å². The number of ether oxygens (including phenoxy) is 2. The zero-order valence-electron chi connectivity index (χ0n) is 11.4. The Morgan fingerprint density at radius 2 is 2.26 bits per heavy atom. The predicted molar refractivity (Wildman–Crippen MR) is 71.1 cm³/mol. The third-order valence-electron chi connectivity index (χ3n) is 3.39. The van der Waals surface area contributed by atoms with E-state index < -0.39 is 12.2 Å². The fourth-order valence-corrected chi connectivity index (χ4v) is 2.40. The third kappa shape index (κ3) is 2.89. The molecule has 104 valence electrons. The molecule has 1 N–H and O–H groups in total. The summed E-state index contributed by atoms with van der Waals surface area (Å²) >= 11 is 0. The maximum Gasteiger partial charge on any atom is 0.347 e. The fourth-order valence-electron chi connectivity index (χ4n) is 2.40. The summed E-state index contributed by atoms with van der Waals surface area (Å²) < 4.78 is 10.8. The molecule has 1 aliphatic rings. The summed E-state index contributed by atoms with van der Waals surface area (Å²) in [6, 6.07) is 5.60. The van der Waals surface area contributed by atoms with Crippen molar-refractivity contribution in [1.82, 2.24) is 0 Å². The molecule has 2 rings (SSSR count). The van der Waals surface area contributed by atoms with Crippen molar-refractivity contribution in [2.45, 2.75) is 45.3 Å². The summed E-state index contributed by atoms with van der Waals surface area (Å²) in [4.78, 5) is 11.7. The molecule has 0 radical (unpaired) electrons. The minimum Gasteiger partial charge on any atom is -0.478 e. The molecule has 2 atom stereocenters. The van der Waals surface area contributed by atoms with Crippen LogP contribution in [-0.4, -0.2) is 23.8 Å². The largest absolute Gasteiger partial charge is 0.478 e. The minimum absolute atomic E-state index is 0.332. The fraction of sp³-hybridized carbons (Fsp3) is 0.533. The number of rotatable bonds is 5. The number of carbonyl (C=O) groups is 1. The number of benzene rings is 1. The number of carbonyl (C=O) groups excluding carboxylic acids is 1. The molecule has 0 bridgehead atoms. The van der Waals surface area contributed by atoms with E-state index in [0.717, 1.165) is 17.5 Å². The van der Waals surface area contributed by atoms with Gasteiger partial charge >= 0.3 is 5.97 Å². The first-order chi connectivity index (χ1) is 9.17. The van der Waals surface area contributed by atoms with E-state index in [1.807, 2.05) is 25.1 Å². The van der Waals surface area contributed by atoms with Gasteiger partial charge < -0.3 is 14.6 Å². The van der Waals surface area contributed by atoms with Gasteiger partial charge in [-0.2, -0.15) is 0 Å². The Balaban J connectivity index is 2.17. The highest BCUT2D eigenvalue weighted by Crippen LogP contribution is 2.37. The van der Waals surface area contributed by atoms with E-state index in [0.29, 0.717) is 25.2 Å². The van der Waals surface area contributed by atoms with Crippen molar-refractivity contribution >= 4 is 5.97 Å². The van der Waals surface area contributed by atoms with Crippen molar-refractivity contribution in [3.63, 3.8) is 0 Å². The summed E-state index contributed by atoms with van der Waals surface area (Å²) in [6.45, 7) is 4.02. The first kappa shape index (κ1) is 13.9. The van der Waals surface area contributed by atoms with Crippen molar-refractivity contribution in [3.05, 3.63) is 29.3 Å². The van der Waals surface area contributed by atoms with Gasteiger partial charge in [0.1, 0.15) is 5.75 Å². The second kappa shape index (κ2) is 6.06. The molecule has 0 aliphatic heterocycles. The highest BCUT2D eigenvalue weighted by Gasteiger charge is 2.26. The molecular formula is C15H20O4. The lowest BCUT2D eigenvalue weighted by atomic mass is 10.1. The summed E-state index contributed by atoms with van der Waals surface area (Å²) in [5.74, 6) is 0.357. The Labute approximate surface area is 113 Å². The van der Waals surface area contributed by atoms with Gasteiger partial charge in [0.25, 0.3) is 0 Å². The Bertz CT molecular complexity index is 455. The first-order valence-electron chi connectivity index (χ1n) is 6.80. The molecule has 0 spiro atoms. The molecule has 0 heterocycles. The number of aliphatic hydroxyl groups excluding tert-OH is 1. The molecule has 2 unspecified atom stereocenters. The van der Waals surface area contributed by atoms with Crippen LogP contribution in [0.5, 0.6) is 5.75 Å². The van der Waals surface area contributed by atoms with E-state index in [2.05, 4.69) is 0 Å². The molecule has 1 aliphatic carbocycles. The maximum absolute atomic E-state index is 11.7. The number of hydrogen-bond acceptors (Lipinski definition) is 4. The van der Waals surface area contributed by atoms with Gasteiger partial charge in [0.15, 0.2) is 6.10 Å². The van der Waals surface area contributed by atoms with Crippen molar-refractivity contribution in [1.29, 1.82) is 0 Å². The highest BCUT2D eigenvalue weighted by atomic mass is 16.6. The average Bonchev–Trinajstić information content (AvgIpc) is 2.79. The van der Waals surface area contributed by atoms with Gasteiger partial charge in [0.2, 0.25) is 0 Å². The summed E-state index contributed by atoms with van der Waals surface area (Å²) in [5, 5.41) is 9.84. The van der Waals surface area contributed by atoms with E-state index in [9.17, 15) is 9.90 Å². The highest BCUT2D eigenvalue weighted by molar-refractivity contribution is 5.75. The molecule has 1 aromatic carbocycles. The van der Waals surface area contributed by atoms with Crippen LogP contribution in [0, 0.1) is 0 Å². The molecule has 0 amide bonds. The minimum atomic E-state index is -0.579. The Hall–Kier alpha value is -1.55. The molecule has 0 aromatic heterocycles. The standard InChI is InChI=1S/C15H20O4/c1-3-13(15(17)18-4-2)19-14-7-5-6-10-11(14)8-9-12(10)16/h5-7,12-13,16H,3-4,8-9H2,1-2H3. The van der Waals surface area contributed by atoms with Crippen LogP contribution < -0.4 is 4.74 Å². The quantitative estimate of drug-likeness (QED) is 0.830. The molecule has 4 heteroatoms. The van der Waals surface area contributed by atoms with Crippen LogP contribution in [0.4, 0.5) is 0 Å². The molecule has 19 heavy (non-hydrogen) atoms. The molecule has 4 nitrogen and oxygen atoms in total. The lowest BCUT2D eigenvalue weighted by Gasteiger charge is -2.18. The van der Waals surface area contributed by atoms with Crippen LogP contribution in [0.1, 0.15) is 43.9 Å². The Morgan fingerprint density at radius 1 is 1.47 bits per heavy atom. The maximum atomic E-state index is 11.7. The number of hydrogen-bond donors (Lipinski definition) is 1. The van der Waals surface area contributed by atoms with Crippen molar-refractivity contribution in [3.8, 4) is 5.75 Å². The van der Waals surface area contributed by atoms with E-state index in [4.69, 9.17) is 9.47 Å². The van der Waals surface area contributed by atoms with Gasteiger partial charge in [-0.1, -0.05) is 19.1 Å². The average molecular weight is 264 g/mol. The normalized spacial score (nSPS) is 18.8. The lowest BCUT2D eigenvalue weighted by Crippen LogP contribution is -2.29. The monoisotopic (exact) mass is 264 g/mol. The van der Waals surface area contributed by atoms with E-state index in [-0.39, 0.29) is 5.97 Å². The van der Waals surface area contributed by atoms with Gasteiger partial charge in [0.05, 0.1) is 12.7 Å². The van der Waals surface area contributed by atoms with Gasteiger partial charge in [-0.15, -0.1) is 0 Å². The van der Waals surface area contributed by atoms with Gasteiger partial charge in [-0.3, -0.25) is 0 Å². The number of aliphatic hydroxyl groups is 1. The Kier molecular flexibility index (Phi) is 4.43. The van der Waals surface area contributed by atoms with E-state index in [1.54, 1.807) is 6.92 Å². The van der Waals surface area contributed by atoms with Gasteiger partial charge in [-0.05, 0) is 37.8 Å². The first-order valence-corrected chi connectivity index (χ1v) is 6.80. The van der Waals surface area contributed by atoms with Gasteiger partial charge in [-0.25, -0.2) is 4.79 Å². The Morgan fingerprint density at radius 3 is 2.95 bits per heavy atom. The van der Waals surface area contributed by atoms with Crippen LogP contribution in [0.15, 0.2) is 18.2 Å². The third-order valence-corrected chi connectivity index (χ3v) is 3.39. The molecule has 1 aromatic rings. The van der Waals surface area contributed by atoms with Crippen LogP contribution >= 0.6 is 0 Å². The van der Waals surface area contributed by atoms with Crippen molar-refractivity contribution < 1.29 is 19.4 Å². The lowest BCUT2D eigenvalue weighted by molar-refractivity contribution is -0.151. The van der Waals surface area contributed by atoms with E-state index >= 15 is 0 Å².